The molecule has 0 aliphatic rings. The predicted octanol–water partition coefficient (Wildman–Crippen LogP) is 36.7. The minimum Gasteiger partial charge on any atom is -0.309 e. The van der Waals surface area contributed by atoms with Crippen LogP contribution in [-0.4, -0.2) is 27.4 Å². The van der Waals surface area contributed by atoms with Crippen LogP contribution in [0, 0.1) is 0 Å². The summed E-state index contributed by atoms with van der Waals surface area (Å²) < 4.78 is 14.4. The average molecular weight is 1800 g/mol. The lowest BCUT2D eigenvalue weighted by Crippen LogP contribution is -1.93. The summed E-state index contributed by atoms with van der Waals surface area (Å²) in [6.07, 6.45) is 0. The molecule has 0 spiro atoms. The van der Waals surface area contributed by atoms with Crippen molar-refractivity contribution in [2.24, 2.45) is 0 Å². The van der Waals surface area contributed by atoms with E-state index in [1.165, 1.54) is 274 Å². The molecule has 31 rings (SSSR count). The van der Waals surface area contributed by atoms with Gasteiger partial charge in [0.25, 0.3) is 0 Å². The molecular formula is C136H86N6. The molecule has 0 atom stereocenters. The Kier molecular flexibility index (Phi) is 18.3. The average Bonchev–Trinajstić information content (AvgIpc) is 1.59. The van der Waals surface area contributed by atoms with E-state index in [-0.39, 0.29) is 0 Å². The summed E-state index contributed by atoms with van der Waals surface area (Å²) >= 11 is 0. The van der Waals surface area contributed by atoms with Gasteiger partial charge in [0.1, 0.15) is 0 Å². The molecule has 142 heavy (non-hydrogen) atoms. The van der Waals surface area contributed by atoms with Crippen LogP contribution in [0.4, 0.5) is 0 Å². The Morgan fingerprint density at radius 3 is 0.563 bits per heavy atom. The van der Waals surface area contributed by atoms with Crippen LogP contribution in [0.15, 0.2) is 522 Å². The van der Waals surface area contributed by atoms with Crippen molar-refractivity contribution in [3.8, 4) is 67.5 Å². The van der Waals surface area contributed by atoms with Gasteiger partial charge in [0.05, 0.1) is 66.2 Å². The van der Waals surface area contributed by atoms with E-state index in [1.807, 2.05) is 0 Å². The number of benzene rings is 25. The molecule has 0 aliphatic heterocycles. The Balaban J connectivity index is 0.000000102. The third-order valence-corrected chi connectivity index (χ3v) is 30.0. The smallest absolute Gasteiger partial charge is 0.0547 e. The zero-order chi connectivity index (χ0) is 93.1. The first-order chi connectivity index (χ1) is 70.5. The lowest BCUT2D eigenvalue weighted by molar-refractivity contribution is 1.18. The highest BCUT2D eigenvalue weighted by molar-refractivity contribution is 6.29. The highest BCUT2D eigenvalue weighted by Crippen LogP contribution is 2.48. The van der Waals surface area contributed by atoms with E-state index in [1.54, 1.807) is 0 Å². The van der Waals surface area contributed by atoms with Crippen LogP contribution >= 0.6 is 0 Å². The zero-order valence-corrected chi connectivity index (χ0v) is 77.3. The minimum absolute atomic E-state index is 1.18. The highest BCUT2D eigenvalue weighted by atomic mass is 15.0. The van der Waals surface area contributed by atoms with Gasteiger partial charge in [-0.05, 0) is 291 Å². The summed E-state index contributed by atoms with van der Waals surface area (Å²) in [5.41, 5.74) is 29.1. The Morgan fingerprint density at radius 2 is 0.289 bits per heavy atom. The fourth-order valence-electron chi connectivity index (χ4n) is 23.7. The van der Waals surface area contributed by atoms with Crippen LogP contribution in [0.3, 0.4) is 0 Å². The predicted molar refractivity (Wildman–Crippen MR) is 604 cm³/mol. The molecular weight excluding hydrogens is 1720 g/mol. The van der Waals surface area contributed by atoms with Crippen molar-refractivity contribution in [2.45, 2.75) is 0 Å². The quantitative estimate of drug-likeness (QED) is 0.138. The molecule has 0 saturated carbocycles. The number of rotatable bonds is 9. The Hall–Kier alpha value is -18.9. The molecule has 6 nitrogen and oxygen atoms in total. The first-order valence-corrected chi connectivity index (χ1v) is 49.0. The summed E-state index contributed by atoms with van der Waals surface area (Å²) in [5, 5.41) is 33.1. The third-order valence-electron chi connectivity index (χ3n) is 30.0. The van der Waals surface area contributed by atoms with Gasteiger partial charge >= 0.3 is 0 Å². The van der Waals surface area contributed by atoms with Gasteiger partial charge in [0.2, 0.25) is 0 Å². The van der Waals surface area contributed by atoms with Gasteiger partial charge in [0, 0.05) is 98.8 Å². The van der Waals surface area contributed by atoms with Crippen LogP contribution in [0.25, 0.3) is 274 Å². The van der Waals surface area contributed by atoms with Crippen LogP contribution in [0.5, 0.6) is 0 Å². The molecule has 0 N–H and O–H groups in total. The number of hydrogen-bond acceptors (Lipinski definition) is 0. The molecule has 6 heterocycles. The topological polar surface area (TPSA) is 29.6 Å². The minimum atomic E-state index is 1.18. The van der Waals surface area contributed by atoms with E-state index in [2.05, 4.69) is 549 Å². The van der Waals surface area contributed by atoms with E-state index >= 15 is 0 Å². The molecule has 0 amide bonds. The monoisotopic (exact) mass is 1800 g/mol. The molecule has 0 aliphatic carbocycles. The van der Waals surface area contributed by atoms with Gasteiger partial charge in [-0.3, -0.25) is 0 Å². The van der Waals surface area contributed by atoms with Gasteiger partial charge in [-0.2, -0.15) is 0 Å². The van der Waals surface area contributed by atoms with Gasteiger partial charge in [-0.15, -0.1) is 0 Å². The van der Waals surface area contributed by atoms with Gasteiger partial charge in [-0.25, -0.2) is 0 Å². The molecule has 25 aromatic carbocycles. The van der Waals surface area contributed by atoms with E-state index in [0.29, 0.717) is 0 Å². The molecule has 6 aromatic heterocycles. The van der Waals surface area contributed by atoms with Crippen LogP contribution < -0.4 is 0 Å². The first kappa shape index (κ1) is 80.4. The number of nitrogens with zero attached hydrogens (tertiary/aromatic N) is 6. The molecule has 0 bridgehead atoms. The van der Waals surface area contributed by atoms with Crippen molar-refractivity contribution in [3.05, 3.63) is 522 Å². The second kappa shape index (κ2) is 32.4. The maximum atomic E-state index is 2.43. The zero-order valence-electron chi connectivity index (χ0n) is 77.3. The summed E-state index contributed by atoms with van der Waals surface area (Å²) in [4.78, 5) is 0. The summed E-state index contributed by atoms with van der Waals surface area (Å²) in [6, 6.07) is 191. The van der Waals surface area contributed by atoms with E-state index < -0.39 is 0 Å². The number of hydrogen-bond donors (Lipinski definition) is 0. The van der Waals surface area contributed by atoms with Crippen LogP contribution in [-0.2, 0) is 0 Å². The van der Waals surface area contributed by atoms with E-state index in [4.69, 9.17) is 0 Å². The second-order valence-corrected chi connectivity index (χ2v) is 37.7. The molecule has 6 heteroatoms. The van der Waals surface area contributed by atoms with Gasteiger partial charge in [0.15, 0.2) is 0 Å². The third kappa shape index (κ3) is 12.7. The maximum Gasteiger partial charge on any atom is 0.0547 e. The fraction of sp³-hybridized carbons (Fsp3) is 0. The molecule has 660 valence electrons. The largest absolute Gasteiger partial charge is 0.309 e. The normalized spacial score (nSPS) is 11.9. The van der Waals surface area contributed by atoms with Gasteiger partial charge < -0.3 is 27.4 Å². The Morgan fingerprint density at radius 1 is 0.0915 bits per heavy atom. The molecule has 0 saturated heterocycles. The van der Waals surface area contributed by atoms with E-state index in [9.17, 15) is 0 Å². The number of fused-ring (bicyclic) bond motifs is 31. The summed E-state index contributed by atoms with van der Waals surface area (Å²) in [5.74, 6) is 0. The number of aromatic nitrogens is 6. The fourth-order valence-corrected chi connectivity index (χ4v) is 23.7. The lowest BCUT2D eigenvalue weighted by atomic mass is 9.95. The van der Waals surface area contributed by atoms with Crippen molar-refractivity contribution >= 4 is 206 Å². The summed E-state index contributed by atoms with van der Waals surface area (Å²) in [6.45, 7) is 0. The Labute approximate surface area is 817 Å². The van der Waals surface area contributed by atoms with Crippen molar-refractivity contribution in [2.75, 3.05) is 0 Å². The number of para-hydroxylation sites is 11. The SMILES string of the molecule is c1ccc(-n2c3ccccc3c3c4cc(-c5ccc6ccc7c(c6c5)c5ccccc5n7-c5ccc6ccccc6c5)ccc4ccc32)cc1.c1ccc(-n2c3ccccc3c3c4cc(-c5ccc6ccc7c(c6c5)c5ccccc5n7-c5ccccc5)ccc4ccc32)cc1.c1ccc(-n2c3ccccc3c3c4ccc(-c5ccc6ccc7c(c6c5)c5ccccc5n7-c5ccccc5)cc4ccc32)cc1. The first-order valence-electron chi connectivity index (χ1n) is 49.0. The van der Waals surface area contributed by atoms with Gasteiger partial charge in [-0.1, -0.05) is 340 Å². The molecule has 31 aromatic rings. The second-order valence-electron chi connectivity index (χ2n) is 37.7. The van der Waals surface area contributed by atoms with Crippen LogP contribution in [0.1, 0.15) is 0 Å². The van der Waals surface area contributed by atoms with Crippen molar-refractivity contribution in [1.29, 1.82) is 0 Å². The molecule has 0 radical (unpaired) electrons. The van der Waals surface area contributed by atoms with Crippen molar-refractivity contribution in [3.63, 3.8) is 0 Å². The Bertz CT molecular complexity index is 10400. The van der Waals surface area contributed by atoms with E-state index in [0.717, 1.165) is 0 Å². The summed E-state index contributed by atoms with van der Waals surface area (Å²) in [7, 11) is 0. The highest BCUT2D eigenvalue weighted by Gasteiger charge is 2.25. The van der Waals surface area contributed by atoms with Crippen molar-refractivity contribution in [1.82, 2.24) is 27.4 Å². The van der Waals surface area contributed by atoms with Crippen LogP contribution in [0.2, 0.25) is 0 Å². The lowest BCUT2D eigenvalue weighted by Gasteiger charge is -2.11. The maximum absolute atomic E-state index is 2.43. The molecule has 0 unspecified atom stereocenters. The van der Waals surface area contributed by atoms with Crippen molar-refractivity contribution < 1.29 is 0 Å². The molecule has 0 fully saturated rings. The standard InChI is InChI=1S/C48H30N2.2C44H28N2/c1-2-12-37(13-3-1)49-43-16-8-6-14-39(43)47-41-29-35(20-18-32(41)23-26-45(47)49)36-21-19-33-24-27-46-48(42(33)30-36)40-15-7-9-17-44(40)50(46)38-25-22-31-10-4-5-11-34(31)28-38;1-3-11-33(12-4-1)45-39-17-9-7-15-35(39)43-37-27-31(21-19-29(37)23-25-41(43)45)32-22-20-30-24-26-42-44(38(30)28-32)36-16-8-10-18-40(36)46(42)34-13-5-2-6-14-34;1-3-11-33(12-4-1)45-39-17-9-7-15-36(39)43-35-24-21-30(27-32(35)23-26-41(43)45)31-20-19-29-22-25-42-44(38(29)28-31)37-16-8-10-18-40(37)46(42)34-13-5-2-6-14-34/h1-30H;2*1-28H.